The zero-order valence-corrected chi connectivity index (χ0v) is 10.3. The summed E-state index contributed by atoms with van der Waals surface area (Å²) in [4.78, 5) is 17.0. The number of aromatic nitrogens is 1. The number of hydrogen-bond donors (Lipinski definition) is 1. The van der Waals surface area contributed by atoms with E-state index in [4.69, 9.17) is 5.11 Å². The molecule has 0 fully saturated rings. The Morgan fingerprint density at radius 2 is 2.06 bits per heavy atom. The summed E-state index contributed by atoms with van der Waals surface area (Å²) in [5.41, 5.74) is 2.36. The molecule has 0 aliphatic rings. The molecule has 4 nitrogen and oxygen atoms in total. The van der Waals surface area contributed by atoms with E-state index < -0.39 is 5.97 Å². The minimum atomic E-state index is -0.948. The second-order valence-corrected chi connectivity index (χ2v) is 4.11. The van der Waals surface area contributed by atoms with Crippen molar-refractivity contribution in [2.45, 2.75) is 6.92 Å². The monoisotopic (exact) mass is 242 g/mol. The van der Waals surface area contributed by atoms with Crippen molar-refractivity contribution in [3.05, 3.63) is 53.7 Å². The topological polar surface area (TPSA) is 53.4 Å². The molecule has 92 valence electrons. The summed E-state index contributed by atoms with van der Waals surface area (Å²) >= 11 is 0. The highest BCUT2D eigenvalue weighted by Crippen LogP contribution is 2.22. The molecular formula is C14H14N2O2. The number of rotatable bonds is 3. The minimum absolute atomic E-state index is 0.236. The molecule has 0 atom stereocenters. The molecule has 1 aromatic heterocycles. The summed E-state index contributed by atoms with van der Waals surface area (Å²) in [7, 11) is 1.86. The van der Waals surface area contributed by atoms with Crippen LogP contribution < -0.4 is 4.90 Å². The Hall–Kier alpha value is -2.36. The van der Waals surface area contributed by atoms with Crippen LogP contribution in [0.15, 0.2) is 42.6 Å². The highest BCUT2D eigenvalue weighted by Gasteiger charge is 2.09. The third-order valence-corrected chi connectivity index (χ3v) is 2.73. The van der Waals surface area contributed by atoms with Crippen LogP contribution in [0.5, 0.6) is 0 Å². The number of benzene rings is 1. The number of aromatic carboxylic acids is 1. The van der Waals surface area contributed by atoms with Crippen LogP contribution in [-0.4, -0.2) is 23.1 Å². The molecule has 0 spiro atoms. The molecule has 0 radical (unpaired) electrons. The molecule has 2 aromatic rings. The minimum Gasteiger partial charge on any atom is -0.478 e. The maximum atomic E-state index is 10.9. The van der Waals surface area contributed by atoms with Crippen LogP contribution >= 0.6 is 0 Å². The van der Waals surface area contributed by atoms with Crippen molar-refractivity contribution in [1.29, 1.82) is 0 Å². The Morgan fingerprint density at radius 3 is 2.72 bits per heavy atom. The molecule has 4 heteroatoms. The van der Waals surface area contributed by atoms with E-state index in [9.17, 15) is 4.79 Å². The quantitative estimate of drug-likeness (QED) is 0.899. The molecule has 0 amide bonds. The van der Waals surface area contributed by atoms with Crippen LogP contribution in [0, 0.1) is 6.92 Å². The normalized spacial score (nSPS) is 10.1. The summed E-state index contributed by atoms with van der Waals surface area (Å²) < 4.78 is 0. The van der Waals surface area contributed by atoms with E-state index in [0.717, 1.165) is 11.3 Å². The molecule has 0 aliphatic carbocycles. The first-order valence-electron chi connectivity index (χ1n) is 5.57. The van der Waals surface area contributed by atoms with E-state index in [1.807, 2.05) is 43.1 Å². The molecule has 0 saturated heterocycles. The fourth-order valence-corrected chi connectivity index (χ4v) is 1.70. The zero-order valence-electron chi connectivity index (χ0n) is 10.3. The molecule has 0 aliphatic heterocycles. The number of carbonyl (C=O) groups is 1. The first-order chi connectivity index (χ1) is 8.58. The van der Waals surface area contributed by atoms with Gasteiger partial charge < -0.3 is 10.0 Å². The standard InChI is InChI=1S/C14H14N2O2/c1-10-4-3-5-12(8-10)16(2)13-9-11(14(17)18)6-7-15-13/h3-9H,1-2H3,(H,17,18). The lowest BCUT2D eigenvalue weighted by Gasteiger charge is -2.18. The molecule has 0 saturated carbocycles. The van der Waals surface area contributed by atoms with E-state index in [-0.39, 0.29) is 5.56 Å². The van der Waals surface area contributed by atoms with E-state index in [0.29, 0.717) is 5.82 Å². The van der Waals surface area contributed by atoms with Crippen LogP contribution in [0.1, 0.15) is 15.9 Å². The SMILES string of the molecule is Cc1cccc(N(C)c2cc(C(=O)O)ccn2)c1. The smallest absolute Gasteiger partial charge is 0.335 e. The van der Waals surface area contributed by atoms with Gasteiger partial charge in [-0.25, -0.2) is 9.78 Å². The predicted octanol–water partition coefficient (Wildman–Crippen LogP) is 2.86. The first-order valence-corrected chi connectivity index (χ1v) is 5.57. The van der Waals surface area contributed by atoms with Crippen molar-refractivity contribution in [3.8, 4) is 0 Å². The predicted molar refractivity (Wildman–Crippen MR) is 70.4 cm³/mol. The number of hydrogen-bond acceptors (Lipinski definition) is 3. The molecule has 18 heavy (non-hydrogen) atoms. The van der Waals surface area contributed by atoms with Gasteiger partial charge >= 0.3 is 5.97 Å². The maximum Gasteiger partial charge on any atom is 0.335 e. The van der Waals surface area contributed by atoms with E-state index in [1.165, 1.54) is 12.3 Å². The summed E-state index contributed by atoms with van der Waals surface area (Å²) in [6.07, 6.45) is 1.51. The molecule has 1 N–H and O–H groups in total. The fraction of sp³-hybridized carbons (Fsp3) is 0.143. The Balaban J connectivity index is 2.36. The maximum absolute atomic E-state index is 10.9. The molecular weight excluding hydrogens is 228 g/mol. The van der Waals surface area contributed by atoms with Crippen LogP contribution in [0.25, 0.3) is 0 Å². The largest absolute Gasteiger partial charge is 0.478 e. The molecule has 1 aromatic carbocycles. The number of pyridine rings is 1. The second kappa shape index (κ2) is 4.87. The number of nitrogens with zero attached hydrogens (tertiary/aromatic N) is 2. The van der Waals surface area contributed by atoms with Crippen LogP contribution in [0.3, 0.4) is 0 Å². The van der Waals surface area contributed by atoms with Gasteiger partial charge in [-0.05, 0) is 36.8 Å². The lowest BCUT2D eigenvalue weighted by atomic mass is 10.2. The fourth-order valence-electron chi connectivity index (χ4n) is 1.70. The van der Waals surface area contributed by atoms with Gasteiger partial charge in [0.15, 0.2) is 0 Å². The number of carboxylic acids is 1. The summed E-state index contributed by atoms with van der Waals surface area (Å²) in [6.45, 7) is 2.01. The number of aryl methyl sites for hydroxylation is 1. The average molecular weight is 242 g/mol. The third-order valence-electron chi connectivity index (χ3n) is 2.73. The molecule has 0 unspecified atom stereocenters. The van der Waals surface area contributed by atoms with Crippen LogP contribution in [0.2, 0.25) is 0 Å². The van der Waals surface area contributed by atoms with Crippen molar-refractivity contribution < 1.29 is 9.90 Å². The summed E-state index contributed by atoms with van der Waals surface area (Å²) in [5, 5.41) is 8.96. The van der Waals surface area contributed by atoms with Gasteiger partial charge in [-0.15, -0.1) is 0 Å². The van der Waals surface area contributed by atoms with Crippen LogP contribution in [0.4, 0.5) is 11.5 Å². The lowest BCUT2D eigenvalue weighted by molar-refractivity contribution is 0.0697. The average Bonchev–Trinajstić information content (AvgIpc) is 2.38. The van der Waals surface area contributed by atoms with Gasteiger partial charge in [0.05, 0.1) is 5.56 Å². The van der Waals surface area contributed by atoms with E-state index in [1.54, 1.807) is 6.07 Å². The van der Waals surface area contributed by atoms with Crippen molar-refractivity contribution in [2.75, 3.05) is 11.9 Å². The zero-order chi connectivity index (χ0) is 13.1. The highest BCUT2D eigenvalue weighted by atomic mass is 16.4. The first kappa shape index (κ1) is 12.1. The number of carboxylic acid groups (broad SMARTS) is 1. The second-order valence-electron chi connectivity index (χ2n) is 4.11. The highest BCUT2D eigenvalue weighted by molar-refractivity contribution is 5.88. The summed E-state index contributed by atoms with van der Waals surface area (Å²) in [6, 6.07) is 11.0. The number of anilines is 2. The van der Waals surface area contributed by atoms with Crippen molar-refractivity contribution in [2.24, 2.45) is 0 Å². The Morgan fingerprint density at radius 1 is 1.28 bits per heavy atom. The molecule has 0 bridgehead atoms. The van der Waals surface area contributed by atoms with E-state index in [2.05, 4.69) is 4.98 Å². The van der Waals surface area contributed by atoms with Gasteiger partial charge in [0.2, 0.25) is 0 Å². The van der Waals surface area contributed by atoms with Crippen molar-refractivity contribution >= 4 is 17.5 Å². The third kappa shape index (κ3) is 2.48. The van der Waals surface area contributed by atoms with Gasteiger partial charge in [0.1, 0.15) is 5.82 Å². The van der Waals surface area contributed by atoms with Gasteiger partial charge in [-0.2, -0.15) is 0 Å². The van der Waals surface area contributed by atoms with E-state index >= 15 is 0 Å². The Labute approximate surface area is 106 Å². The lowest BCUT2D eigenvalue weighted by Crippen LogP contribution is -2.12. The Bertz CT molecular complexity index is 582. The van der Waals surface area contributed by atoms with Gasteiger partial charge in [0, 0.05) is 18.9 Å². The van der Waals surface area contributed by atoms with Gasteiger partial charge in [0.25, 0.3) is 0 Å². The Kier molecular flexibility index (Phi) is 3.28. The van der Waals surface area contributed by atoms with Gasteiger partial charge in [-0.1, -0.05) is 12.1 Å². The molecule has 1 heterocycles. The molecule has 2 rings (SSSR count). The van der Waals surface area contributed by atoms with Gasteiger partial charge in [-0.3, -0.25) is 0 Å². The van der Waals surface area contributed by atoms with Crippen molar-refractivity contribution in [3.63, 3.8) is 0 Å². The summed E-state index contributed by atoms with van der Waals surface area (Å²) in [5.74, 6) is -0.336. The van der Waals surface area contributed by atoms with Crippen molar-refractivity contribution in [1.82, 2.24) is 4.98 Å². The van der Waals surface area contributed by atoms with Crippen LogP contribution in [-0.2, 0) is 0 Å².